The topological polar surface area (TPSA) is 38.3 Å². The first kappa shape index (κ1) is 10.1. The van der Waals surface area contributed by atoms with Crippen LogP contribution in [0.1, 0.15) is 0 Å². The van der Waals surface area contributed by atoms with E-state index in [-0.39, 0.29) is 0 Å². The fourth-order valence-corrected chi connectivity index (χ4v) is 0.809. The molecule has 0 aliphatic rings. The highest BCUT2D eigenvalue weighted by Crippen LogP contribution is 2.07. The van der Waals surface area contributed by atoms with Gasteiger partial charge in [-0.05, 0) is 18.2 Å². The molecule has 0 saturated heterocycles. The van der Waals surface area contributed by atoms with Gasteiger partial charge in [0.1, 0.15) is 5.75 Å². The summed E-state index contributed by atoms with van der Waals surface area (Å²) in [5, 5.41) is 2.42. The minimum absolute atomic E-state index is 0.511. The second-order valence-corrected chi connectivity index (χ2v) is 2.44. The van der Waals surface area contributed by atoms with Gasteiger partial charge < -0.3 is 4.74 Å². The van der Waals surface area contributed by atoms with Gasteiger partial charge >= 0.3 is 6.09 Å². The number of allylic oxidation sites excluding steroid dienone is 2. The van der Waals surface area contributed by atoms with E-state index in [0.29, 0.717) is 5.75 Å². The van der Waals surface area contributed by atoms with Crippen molar-refractivity contribution >= 4 is 6.09 Å². The molecular formula is C11H11NO2. The number of nitrogens with one attached hydrogen (secondary N) is 1. The number of rotatable bonds is 3. The number of benzene rings is 1. The summed E-state index contributed by atoms with van der Waals surface area (Å²) in [5.41, 5.74) is 0. The Labute approximate surface area is 82.7 Å². The van der Waals surface area contributed by atoms with Gasteiger partial charge in [-0.25, -0.2) is 4.79 Å². The molecule has 0 aliphatic heterocycles. The standard InChI is InChI=1S/C11H11NO2/c1-2-3-9-12-11(13)14-10-7-5-4-6-8-10/h2-9H,1H2,(H,12,13). The van der Waals surface area contributed by atoms with Gasteiger partial charge in [0.15, 0.2) is 0 Å². The predicted octanol–water partition coefficient (Wildman–Crippen LogP) is 2.47. The van der Waals surface area contributed by atoms with Crippen molar-refractivity contribution in [2.45, 2.75) is 0 Å². The van der Waals surface area contributed by atoms with Crippen LogP contribution < -0.4 is 10.1 Å². The number of hydrogen-bond donors (Lipinski definition) is 1. The van der Waals surface area contributed by atoms with Gasteiger partial charge in [-0.1, -0.05) is 30.9 Å². The van der Waals surface area contributed by atoms with E-state index in [4.69, 9.17) is 4.74 Å². The molecule has 3 nitrogen and oxygen atoms in total. The van der Waals surface area contributed by atoms with Gasteiger partial charge in [-0.15, -0.1) is 0 Å². The summed E-state index contributed by atoms with van der Waals surface area (Å²) in [5.74, 6) is 0.511. The van der Waals surface area contributed by atoms with Gasteiger partial charge in [0.2, 0.25) is 0 Å². The first-order valence-electron chi connectivity index (χ1n) is 4.14. The van der Waals surface area contributed by atoms with E-state index >= 15 is 0 Å². The summed E-state index contributed by atoms with van der Waals surface area (Å²) in [6.45, 7) is 3.46. The molecule has 0 aliphatic carbocycles. The molecule has 0 fully saturated rings. The molecule has 14 heavy (non-hydrogen) atoms. The zero-order chi connectivity index (χ0) is 10.2. The smallest absolute Gasteiger partial charge is 0.410 e. The molecular weight excluding hydrogens is 178 g/mol. The number of para-hydroxylation sites is 1. The SMILES string of the molecule is C=CC=CNC(=O)Oc1ccccc1. The van der Waals surface area contributed by atoms with E-state index in [2.05, 4.69) is 11.9 Å². The maximum atomic E-state index is 11.1. The van der Waals surface area contributed by atoms with Crippen LogP contribution in [-0.2, 0) is 0 Å². The number of hydrogen-bond acceptors (Lipinski definition) is 2. The summed E-state index contributed by atoms with van der Waals surface area (Å²) in [7, 11) is 0. The average molecular weight is 189 g/mol. The van der Waals surface area contributed by atoms with E-state index in [1.54, 1.807) is 36.4 Å². The molecule has 0 radical (unpaired) electrons. The Bertz CT molecular complexity index is 330. The largest absolute Gasteiger partial charge is 0.416 e. The second kappa shape index (κ2) is 5.59. The Morgan fingerprint density at radius 3 is 2.71 bits per heavy atom. The summed E-state index contributed by atoms with van der Waals surface area (Å²) >= 11 is 0. The van der Waals surface area contributed by atoms with Gasteiger partial charge in [0.05, 0.1) is 0 Å². The highest BCUT2D eigenvalue weighted by molar-refractivity contribution is 5.71. The molecule has 3 heteroatoms. The quantitative estimate of drug-likeness (QED) is 0.742. The van der Waals surface area contributed by atoms with Crippen molar-refractivity contribution < 1.29 is 9.53 Å². The Morgan fingerprint density at radius 2 is 2.07 bits per heavy atom. The maximum Gasteiger partial charge on any atom is 0.416 e. The lowest BCUT2D eigenvalue weighted by molar-refractivity contribution is 0.204. The molecule has 0 aromatic heterocycles. The molecule has 0 bridgehead atoms. The van der Waals surface area contributed by atoms with Crippen LogP contribution in [0.25, 0.3) is 0 Å². The average Bonchev–Trinajstić information content (AvgIpc) is 2.20. The van der Waals surface area contributed by atoms with Crippen LogP contribution in [-0.4, -0.2) is 6.09 Å². The molecule has 72 valence electrons. The van der Waals surface area contributed by atoms with Crippen LogP contribution in [0.5, 0.6) is 5.75 Å². The molecule has 1 amide bonds. The lowest BCUT2D eigenvalue weighted by Crippen LogP contribution is -2.21. The molecule has 0 spiro atoms. The van der Waals surface area contributed by atoms with E-state index in [1.165, 1.54) is 6.20 Å². The van der Waals surface area contributed by atoms with Crippen LogP contribution >= 0.6 is 0 Å². The fourth-order valence-electron chi connectivity index (χ4n) is 0.809. The minimum Gasteiger partial charge on any atom is -0.410 e. The monoisotopic (exact) mass is 189 g/mol. The van der Waals surface area contributed by atoms with E-state index in [0.717, 1.165) is 0 Å². The maximum absolute atomic E-state index is 11.1. The van der Waals surface area contributed by atoms with Crippen molar-refractivity contribution in [1.82, 2.24) is 5.32 Å². The Hall–Kier alpha value is -2.03. The van der Waals surface area contributed by atoms with Crippen molar-refractivity contribution in [3.05, 3.63) is 55.3 Å². The summed E-state index contributed by atoms with van der Waals surface area (Å²) < 4.78 is 4.93. The highest BCUT2D eigenvalue weighted by atomic mass is 16.5. The molecule has 1 N–H and O–H groups in total. The van der Waals surface area contributed by atoms with Crippen molar-refractivity contribution in [2.75, 3.05) is 0 Å². The van der Waals surface area contributed by atoms with Gasteiger partial charge in [-0.2, -0.15) is 0 Å². The molecule has 0 saturated carbocycles. The number of amides is 1. The van der Waals surface area contributed by atoms with Crippen molar-refractivity contribution in [2.24, 2.45) is 0 Å². The lowest BCUT2D eigenvalue weighted by atomic mass is 10.3. The van der Waals surface area contributed by atoms with Crippen molar-refractivity contribution in [3.8, 4) is 5.75 Å². The van der Waals surface area contributed by atoms with Crippen LogP contribution in [0.3, 0.4) is 0 Å². The summed E-state index contributed by atoms with van der Waals surface area (Å²) in [4.78, 5) is 11.1. The molecule has 0 unspecified atom stereocenters. The Balaban J connectivity index is 2.42. The van der Waals surface area contributed by atoms with Crippen molar-refractivity contribution in [3.63, 3.8) is 0 Å². The minimum atomic E-state index is -0.519. The lowest BCUT2D eigenvalue weighted by Gasteiger charge is -2.01. The molecule has 1 aromatic carbocycles. The second-order valence-electron chi connectivity index (χ2n) is 2.44. The third kappa shape index (κ3) is 3.58. The predicted molar refractivity (Wildman–Crippen MR) is 54.9 cm³/mol. The van der Waals surface area contributed by atoms with Crippen molar-refractivity contribution in [1.29, 1.82) is 0 Å². The van der Waals surface area contributed by atoms with Crippen LogP contribution in [0.15, 0.2) is 55.3 Å². The molecule has 1 aromatic rings. The third-order valence-electron chi connectivity index (χ3n) is 1.39. The number of carbonyl (C=O) groups excluding carboxylic acids is 1. The zero-order valence-electron chi connectivity index (χ0n) is 7.64. The third-order valence-corrected chi connectivity index (χ3v) is 1.39. The Morgan fingerprint density at radius 1 is 1.36 bits per heavy atom. The highest BCUT2D eigenvalue weighted by Gasteiger charge is 1.99. The fraction of sp³-hybridized carbons (Fsp3) is 0. The van der Waals surface area contributed by atoms with Crippen LogP contribution in [0.2, 0.25) is 0 Å². The molecule has 0 heterocycles. The summed E-state index contributed by atoms with van der Waals surface area (Å²) in [6.07, 6.45) is 4.10. The Kier molecular flexibility index (Phi) is 4.01. The van der Waals surface area contributed by atoms with Gasteiger partial charge in [0, 0.05) is 6.20 Å². The van der Waals surface area contributed by atoms with E-state index in [9.17, 15) is 4.79 Å². The van der Waals surface area contributed by atoms with E-state index in [1.807, 2.05) is 6.07 Å². The van der Waals surface area contributed by atoms with Gasteiger partial charge in [0.25, 0.3) is 0 Å². The summed E-state index contributed by atoms with van der Waals surface area (Å²) in [6, 6.07) is 8.85. The number of carbonyl (C=O) groups is 1. The normalized spacial score (nSPS) is 9.71. The number of ether oxygens (including phenoxy) is 1. The van der Waals surface area contributed by atoms with E-state index < -0.39 is 6.09 Å². The zero-order valence-corrected chi connectivity index (χ0v) is 7.64. The first-order valence-corrected chi connectivity index (χ1v) is 4.14. The van der Waals surface area contributed by atoms with Crippen LogP contribution in [0, 0.1) is 0 Å². The first-order chi connectivity index (χ1) is 6.83. The molecule has 0 atom stereocenters. The molecule has 1 rings (SSSR count). The van der Waals surface area contributed by atoms with Crippen LogP contribution in [0.4, 0.5) is 4.79 Å². The van der Waals surface area contributed by atoms with Gasteiger partial charge in [-0.3, -0.25) is 5.32 Å².